The molecule has 186 valence electrons. The second kappa shape index (κ2) is 9.79. The molecule has 0 aromatic heterocycles. The van der Waals surface area contributed by atoms with Gasteiger partial charge >= 0.3 is 0 Å². The van der Waals surface area contributed by atoms with Crippen LogP contribution in [0, 0.1) is 11.7 Å². The van der Waals surface area contributed by atoms with Crippen LogP contribution < -0.4 is 19.5 Å². The molecule has 7 nitrogen and oxygen atoms in total. The molecular weight excluding hydrogens is 463 g/mol. The molecule has 1 saturated heterocycles. The molecule has 0 saturated carbocycles. The van der Waals surface area contributed by atoms with Crippen LogP contribution in [0.5, 0.6) is 17.2 Å². The Morgan fingerprint density at radius 2 is 1.81 bits per heavy atom. The minimum absolute atomic E-state index is 0.00263. The van der Waals surface area contributed by atoms with Crippen molar-refractivity contribution >= 4 is 11.6 Å². The summed E-state index contributed by atoms with van der Waals surface area (Å²) in [4.78, 5) is 15.1. The summed E-state index contributed by atoms with van der Waals surface area (Å²) in [6.07, 6.45) is 0.933. The molecule has 0 spiro atoms. The zero-order chi connectivity index (χ0) is 24.5. The highest BCUT2D eigenvalue weighted by atomic mass is 19.1. The first-order valence-corrected chi connectivity index (χ1v) is 12.2. The van der Waals surface area contributed by atoms with Crippen molar-refractivity contribution in [2.24, 2.45) is 5.92 Å². The Bertz CT molecular complexity index is 1260. The van der Waals surface area contributed by atoms with E-state index in [1.54, 1.807) is 18.2 Å². The molecule has 6 rings (SSSR count). The molecule has 36 heavy (non-hydrogen) atoms. The summed E-state index contributed by atoms with van der Waals surface area (Å²) in [5.74, 6) is 1.64. The number of nitrogens with zero attached hydrogens (tertiary/aromatic N) is 1. The fraction of sp³-hybridized carbons (Fsp3) is 0.321. The lowest BCUT2D eigenvalue weighted by atomic mass is 9.95. The van der Waals surface area contributed by atoms with E-state index >= 15 is 0 Å². The summed E-state index contributed by atoms with van der Waals surface area (Å²) < 4.78 is 37.2. The van der Waals surface area contributed by atoms with Crippen molar-refractivity contribution in [3.8, 4) is 17.2 Å². The number of hydrogen-bond donors (Lipinski definition) is 1. The van der Waals surface area contributed by atoms with Gasteiger partial charge in [0.25, 0.3) is 0 Å². The molecule has 1 atom stereocenters. The average Bonchev–Trinajstić information content (AvgIpc) is 3.37. The number of piperidine rings is 1. The van der Waals surface area contributed by atoms with E-state index < -0.39 is 6.29 Å². The second-order valence-corrected chi connectivity index (χ2v) is 9.33. The number of amides is 1. The van der Waals surface area contributed by atoms with Gasteiger partial charge in [-0.2, -0.15) is 0 Å². The Morgan fingerprint density at radius 3 is 2.64 bits per heavy atom. The number of likely N-dealkylation sites (tertiary alicyclic amines) is 1. The third kappa shape index (κ3) is 4.74. The first kappa shape index (κ1) is 22.8. The minimum Gasteiger partial charge on any atom is -0.460 e. The molecule has 1 fully saturated rings. The van der Waals surface area contributed by atoms with Gasteiger partial charge in [0.05, 0.1) is 6.61 Å². The number of fused-ring (bicyclic) bond motifs is 2. The summed E-state index contributed by atoms with van der Waals surface area (Å²) in [5, 5.41) is 3.00. The van der Waals surface area contributed by atoms with Gasteiger partial charge in [-0.25, -0.2) is 4.39 Å². The van der Waals surface area contributed by atoms with Crippen molar-refractivity contribution in [2.45, 2.75) is 32.3 Å². The molecule has 8 heteroatoms. The molecule has 3 aliphatic rings. The van der Waals surface area contributed by atoms with Crippen LogP contribution in [-0.2, 0) is 22.7 Å². The third-order valence-electron chi connectivity index (χ3n) is 6.89. The molecule has 3 heterocycles. The molecule has 3 aromatic rings. The van der Waals surface area contributed by atoms with Gasteiger partial charge in [0.15, 0.2) is 11.5 Å². The van der Waals surface area contributed by atoms with Crippen LogP contribution >= 0.6 is 0 Å². The van der Waals surface area contributed by atoms with Gasteiger partial charge in [-0.3, -0.25) is 9.69 Å². The van der Waals surface area contributed by atoms with E-state index in [-0.39, 0.29) is 24.4 Å². The first-order chi connectivity index (χ1) is 17.6. The van der Waals surface area contributed by atoms with Crippen molar-refractivity contribution in [3.05, 3.63) is 83.2 Å². The van der Waals surface area contributed by atoms with Crippen LogP contribution in [0.1, 0.15) is 35.8 Å². The summed E-state index contributed by atoms with van der Waals surface area (Å²) in [7, 11) is 0. The Balaban J connectivity index is 1.09. The van der Waals surface area contributed by atoms with Gasteiger partial charge < -0.3 is 24.3 Å². The number of benzene rings is 3. The van der Waals surface area contributed by atoms with Crippen molar-refractivity contribution < 1.29 is 28.1 Å². The van der Waals surface area contributed by atoms with E-state index in [0.717, 1.165) is 42.6 Å². The van der Waals surface area contributed by atoms with Gasteiger partial charge in [-0.1, -0.05) is 30.3 Å². The maximum absolute atomic E-state index is 14.4. The summed E-state index contributed by atoms with van der Waals surface area (Å²) in [6.45, 7) is 2.52. The van der Waals surface area contributed by atoms with E-state index in [9.17, 15) is 9.18 Å². The summed E-state index contributed by atoms with van der Waals surface area (Å²) >= 11 is 0. The highest BCUT2D eigenvalue weighted by Gasteiger charge is 2.29. The van der Waals surface area contributed by atoms with Gasteiger partial charge in [0.1, 0.15) is 11.6 Å². The number of carbonyl (C=O) groups excluding carboxylic acids is 1. The lowest BCUT2D eigenvalue weighted by Crippen LogP contribution is -2.38. The zero-order valence-corrected chi connectivity index (χ0v) is 19.7. The van der Waals surface area contributed by atoms with Crippen LogP contribution in [0.4, 0.5) is 10.1 Å². The quantitative estimate of drug-likeness (QED) is 0.542. The number of carbonyl (C=O) groups is 1. The fourth-order valence-corrected chi connectivity index (χ4v) is 4.98. The van der Waals surface area contributed by atoms with E-state index in [0.29, 0.717) is 36.1 Å². The fourth-order valence-electron chi connectivity index (χ4n) is 4.98. The normalized spacial score (nSPS) is 19.4. The highest BCUT2D eigenvalue weighted by molar-refractivity contribution is 5.93. The molecule has 1 amide bonds. The number of halogens is 1. The number of anilines is 1. The third-order valence-corrected chi connectivity index (χ3v) is 6.89. The van der Waals surface area contributed by atoms with Crippen LogP contribution in [0.15, 0.2) is 60.7 Å². The molecule has 3 aromatic carbocycles. The summed E-state index contributed by atoms with van der Waals surface area (Å²) in [5.41, 5.74) is 3.14. The lowest BCUT2D eigenvalue weighted by molar-refractivity contribution is -0.121. The molecule has 3 aliphatic heterocycles. The molecule has 0 radical (unpaired) electrons. The molecule has 1 N–H and O–H groups in total. The average molecular weight is 491 g/mol. The van der Waals surface area contributed by atoms with Crippen molar-refractivity contribution in [1.29, 1.82) is 0 Å². The SMILES string of the molecule is O=C(Nc1ccc2c(c1)OCO2)C1CCN(Cc2cc(F)cc3c2O[C@H](c2ccccc2)OC3)CC1. The Kier molecular flexibility index (Phi) is 6.21. The largest absolute Gasteiger partial charge is 0.460 e. The van der Waals surface area contributed by atoms with Gasteiger partial charge in [0, 0.05) is 40.9 Å². The minimum atomic E-state index is -0.520. The zero-order valence-electron chi connectivity index (χ0n) is 19.7. The highest BCUT2D eigenvalue weighted by Crippen LogP contribution is 2.38. The molecule has 0 unspecified atom stereocenters. The Hall–Kier alpha value is -3.62. The number of rotatable bonds is 5. The Labute approximate surface area is 208 Å². The van der Waals surface area contributed by atoms with Crippen LogP contribution in [0.25, 0.3) is 0 Å². The molecule has 0 bridgehead atoms. The molecule has 0 aliphatic carbocycles. The number of ether oxygens (including phenoxy) is 4. The standard InChI is InChI=1S/C28H27FN2O5/c29-22-12-20(26-21(13-22)16-33-28(36-26)19-4-2-1-3-5-19)15-31-10-8-18(9-11-31)27(32)30-23-6-7-24-25(14-23)35-17-34-24/h1-7,12-14,18,28H,8-11,15-17H2,(H,30,32)/t28-/m1/s1. The molecular formula is C28H27FN2O5. The summed E-state index contributed by atoms with van der Waals surface area (Å²) in [6, 6.07) is 18.2. The number of hydrogen-bond acceptors (Lipinski definition) is 6. The van der Waals surface area contributed by atoms with Crippen molar-refractivity contribution in [3.63, 3.8) is 0 Å². The Morgan fingerprint density at radius 1 is 1.00 bits per heavy atom. The van der Waals surface area contributed by atoms with Crippen LogP contribution in [-0.4, -0.2) is 30.7 Å². The lowest BCUT2D eigenvalue weighted by Gasteiger charge is -2.33. The smallest absolute Gasteiger partial charge is 0.231 e. The predicted octanol–water partition coefficient (Wildman–Crippen LogP) is 5.01. The van der Waals surface area contributed by atoms with E-state index in [4.69, 9.17) is 18.9 Å². The van der Waals surface area contributed by atoms with E-state index in [1.165, 1.54) is 6.07 Å². The van der Waals surface area contributed by atoms with E-state index in [2.05, 4.69) is 10.2 Å². The number of nitrogens with one attached hydrogen (secondary N) is 1. The van der Waals surface area contributed by atoms with E-state index in [1.807, 2.05) is 36.4 Å². The van der Waals surface area contributed by atoms with Crippen LogP contribution in [0.3, 0.4) is 0 Å². The maximum atomic E-state index is 14.4. The second-order valence-electron chi connectivity index (χ2n) is 9.33. The first-order valence-electron chi connectivity index (χ1n) is 12.2. The van der Waals surface area contributed by atoms with Crippen LogP contribution in [0.2, 0.25) is 0 Å². The van der Waals surface area contributed by atoms with Gasteiger partial charge in [0.2, 0.25) is 19.0 Å². The van der Waals surface area contributed by atoms with Gasteiger partial charge in [-0.15, -0.1) is 0 Å². The topological polar surface area (TPSA) is 69.3 Å². The van der Waals surface area contributed by atoms with Gasteiger partial charge in [-0.05, 0) is 50.2 Å². The monoisotopic (exact) mass is 490 g/mol. The predicted molar refractivity (Wildman–Crippen MR) is 130 cm³/mol. The van der Waals surface area contributed by atoms with Crippen molar-refractivity contribution in [1.82, 2.24) is 4.90 Å². The van der Waals surface area contributed by atoms with Crippen molar-refractivity contribution in [2.75, 3.05) is 25.2 Å². The maximum Gasteiger partial charge on any atom is 0.231 e.